The van der Waals surface area contributed by atoms with E-state index in [9.17, 15) is 9.59 Å². The molecule has 154 valence electrons. The third kappa shape index (κ3) is 3.97. The van der Waals surface area contributed by atoms with Crippen molar-refractivity contribution in [2.24, 2.45) is 0 Å². The summed E-state index contributed by atoms with van der Waals surface area (Å²) in [4.78, 5) is 35.0. The highest BCUT2D eigenvalue weighted by Crippen LogP contribution is 2.29. The van der Waals surface area contributed by atoms with E-state index in [1.54, 1.807) is 10.6 Å². The monoisotopic (exact) mass is 438 g/mol. The van der Waals surface area contributed by atoms with E-state index in [1.807, 2.05) is 51.1 Å². The van der Waals surface area contributed by atoms with Crippen molar-refractivity contribution in [3.05, 3.63) is 58.4 Å². The molecule has 2 heterocycles. The van der Waals surface area contributed by atoms with Gasteiger partial charge in [0.2, 0.25) is 5.91 Å². The van der Waals surface area contributed by atoms with Crippen molar-refractivity contribution in [3.8, 4) is 0 Å². The van der Waals surface area contributed by atoms with E-state index in [0.29, 0.717) is 34.2 Å². The van der Waals surface area contributed by atoms with Gasteiger partial charge in [-0.15, -0.1) is 0 Å². The number of aromatic nitrogens is 3. The van der Waals surface area contributed by atoms with E-state index in [-0.39, 0.29) is 16.7 Å². The molecule has 0 bridgehead atoms. The van der Waals surface area contributed by atoms with Crippen LogP contribution in [-0.2, 0) is 11.3 Å². The van der Waals surface area contributed by atoms with Gasteiger partial charge in [0.05, 0.1) is 26.4 Å². The lowest BCUT2D eigenvalue weighted by molar-refractivity contribution is -0.115. The van der Waals surface area contributed by atoms with Gasteiger partial charge in [-0.3, -0.25) is 14.2 Å². The van der Waals surface area contributed by atoms with Crippen molar-refractivity contribution in [3.63, 3.8) is 0 Å². The molecule has 1 N–H and O–H groups in total. The van der Waals surface area contributed by atoms with Crippen LogP contribution in [0, 0.1) is 6.92 Å². The fourth-order valence-electron chi connectivity index (χ4n) is 3.24. The molecule has 1 unspecified atom stereocenters. The lowest BCUT2D eigenvalue weighted by Crippen LogP contribution is -2.27. The maximum absolute atomic E-state index is 13.0. The van der Waals surface area contributed by atoms with Gasteiger partial charge < -0.3 is 5.32 Å². The van der Waals surface area contributed by atoms with Crippen LogP contribution < -0.4 is 10.9 Å². The number of nitrogens with one attached hydrogen (secondary N) is 1. The SMILES string of the molecule is CCC(Sc1nc2ccccc2c(=O)n1CC)C(=O)Nc1nc2ccc(C)cc2s1. The molecule has 0 aliphatic heterocycles. The molecule has 0 radical (unpaired) electrons. The lowest BCUT2D eigenvalue weighted by atomic mass is 10.2. The molecule has 4 aromatic rings. The van der Waals surface area contributed by atoms with Gasteiger partial charge in [0, 0.05) is 6.54 Å². The Kier molecular flexibility index (Phi) is 5.87. The van der Waals surface area contributed by atoms with Crippen LogP contribution in [0.15, 0.2) is 52.4 Å². The fraction of sp³-hybridized carbons (Fsp3) is 0.273. The van der Waals surface area contributed by atoms with Gasteiger partial charge in [-0.25, -0.2) is 9.97 Å². The van der Waals surface area contributed by atoms with Crippen LogP contribution in [0.25, 0.3) is 21.1 Å². The minimum atomic E-state index is -0.385. The Morgan fingerprint density at radius 2 is 1.97 bits per heavy atom. The Balaban J connectivity index is 1.60. The van der Waals surface area contributed by atoms with Crippen molar-refractivity contribution in [1.82, 2.24) is 14.5 Å². The van der Waals surface area contributed by atoms with Gasteiger partial charge in [0.1, 0.15) is 0 Å². The number of thiazole rings is 1. The molecule has 0 spiro atoms. The van der Waals surface area contributed by atoms with Gasteiger partial charge >= 0.3 is 0 Å². The molecule has 1 amide bonds. The molecule has 30 heavy (non-hydrogen) atoms. The van der Waals surface area contributed by atoms with Gasteiger partial charge in [-0.05, 0) is 50.1 Å². The highest BCUT2D eigenvalue weighted by atomic mass is 32.2. The minimum Gasteiger partial charge on any atom is -0.301 e. The number of fused-ring (bicyclic) bond motifs is 2. The molecule has 8 heteroatoms. The second-order valence-electron chi connectivity index (χ2n) is 6.96. The molecule has 0 fully saturated rings. The Labute approximate surface area is 182 Å². The van der Waals surface area contributed by atoms with E-state index < -0.39 is 0 Å². The maximum Gasteiger partial charge on any atom is 0.262 e. The van der Waals surface area contributed by atoms with Gasteiger partial charge in [0.25, 0.3) is 5.56 Å². The number of hydrogen-bond acceptors (Lipinski definition) is 6. The summed E-state index contributed by atoms with van der Waals surface area (Å²) in [6, 6.07) is 13.3. The first-order chi connectivity index (χ1) is 14.5. The number of para-hydroxylation sites is 1. The number of anilines is 1. The number of carbonyl (C=O) groups excluding carboxylic acids is 1. The molecule has 2 aromatic heterocycles. The molecule has 0 aliphatic rings. The first-order valence-electron chi connectivity index (χ1n) is 9.84. The van der Waals surface area contributed by atoms with Gasteiger partial charge in [-0.1, -0.05) is 48.2 Å². The van der Waals surface area contributed by atoms with E-state index in [1.165, 1.54) is 23.1 Å². The lowest BCUT2D eigenvalue weighted by Gasteiger charge is -2.16. The summed E-state index contributed by atoms with van der Waals surface area (Å²) < 4.78 is 2.67. The first-order valence-corrected chi connectivity index (χ1v) is 11.5. The van der Waals surface area contributed by atoms with Crippen molar-refractivity contribution in [2.75, 3.05) is 5.32 Å². The summed E-state index contributed by atoms with van der Waals surface area (Å²) in [7, 11) is 0. The predicted octanol–water partition coefficient (Wildman–Crippen LogP) is 4.84. The number of thioether (sulfide) groups is 1. The van der Waals surface area contributed by atoms with E-state index in [2.05, 4.69) is 21.4 Å². The standard InChI is InChI=1S/C22H22N4O2S2/c1-4-17(19(27)25-21-23-16-11-10-13(3)12-18(16)29-21)30-22-24-15-9-7-6-8-14(15)20(28)26(22)5-2/h6-12,17H,4-5H2,1-3H3,(H,23,25,27). The first kappa shape index (κ1) is 20.6. The van der Waals surface area contributed by atoms with Gasteiger partial charge in [0.15, 0.2) is 10.3 Å². The normalized spacial score (nSPS) is 12.4. The molecule has 0 aliphatic carbocycles. The van der Waals surface area contributed by atoms with Crippen LogP contribution in [0.2, 0.25) is 0 Å². The third-order valence-corrected chi connectivity index (χ3v) is 7.12. The average Bonchev–Trinajstić information content (AvgIpc) is 3.13. The van der Waals surface area contributed by atoms with Crippen molar-refractivity contribution < 1.29 is 4.79 Å². The second kappa shape index (κ2) is 8.57. The average molecular weight is 439 g/mol. The quantitative estimate of drug-likeness (QED) is 0.344. The van der Waals surface area contributed by atoms with E-state index >= 15 is 0 Å². The Bertz CT molecular complexity index is 1300. The number of nitrogens with zero attached hydrogens (tertiary/aromatic N) is 3. The zero-order chi connectivity index (χ0) is 21.3. The number of benzene rings is 2. The highest BCUT2D eigenvalue weighted by molar-refractivity contribution is 8.00. The molecular weight excluding hydrogens is 416 g/mol. The van der Waals surface area contributed by atoms with E-state index in [4.69, 9.17) is 0 Å². The number of aryl methyl sites for hydroxylation is 1. The molecule has 6 nitrogen and oxygen atoms in total. The number of hydrogen-bond donors (Lipinski definition) is 1. The van der Waals surface area contributed by atoms with E-state index in [0.717, 1.165) is 15.8 Å². The summed E-state index contributed by atoms with van der Waals surface area (Å²) in [6.07, 6.45) is 0.604. The molecular formula is C22H22N4O2S2. The third-order valence-electron chi connectivity index (χ3n) is 4.83. The molecule has 0 saturated carbocycles. The van der Waals surface area contributed by atoms with Crippen molar-refractivity contribution >= 4 is 55.3 Å². The van der Waals surface area contributed by atoms with Crippen LogP contribution in [0.4, 0.5) is 5.13 Å². The Morgan fingerprint density at radius 3 is 2.73 bits per heavy atom. The molecule has 2 aromatic carbocycles. The summed E-state index contributed by atoms with van der Waals surface area (Å²) in [5.41, 5.74) is 2.59. The van der Waals surface area contributed by atoms with Crippen LogP contribution in [0.1, 0.15) is 25.8 Å². The predicted molar refractivity (Wildman–Crippen MR) is 125 cm³/mol. The zero-order valence-electron chi connectivity index (χ0n) is 17.0. The molecule has 4 rings (SSSR count). The minimum absolute atomic E-state index is 0.0811. The summed E-state index contributed by atoms with van der Waals surface area (Å²) >= 11 is 2.79. The summed E-state index contributed by atoms with van der Waals surface area (Å²) in [5.74, 6) is -0.136. The van der Waals surface area contributed by atoms with Crippen LogP contribution in [0.3, 0.4) is 0 Å². The Hall–Kier alpha value is -2.71. The number of amides is 1. The molecule has 0 saturated heterocycles. The Morgan fingerprint density at radius 1 is 1.17 bits per heavy atom. The van der Waals surface area contributed by atoms with Gasteiger partial charge in [-0.2, -0.15) is 0 Å². The fourth-order valence-corrected chi connectivity index (χ4v) is 5.28. The molecule has 1 atom stereocenters. The largest absolute Gasteiger partial charge is 0.301 e. The number of rotatable bonds is 6. The highest BCUT2D eigenvalue weighted by Gasteiger charge is 2.22. The van der Waals surface area contributed by atoms with Crippen molar-refractivity contribution in [2.45, 2.75) is 44.1 Å². The van der Waals surface area contributed by atoms with Crippen LogP contribution >= 0.6 is 23.1 Å². The van der Waals surface area contributed by atoms with Crippen LogP contribution in [-0.4, -0.2) is 25.7 Å². The summed E-state index contributed by atoms with van der Waals surface area (Å²) in [6.45, 7) is 6.39. The second-order valence-corrected chi connectivity index (χ2v) is 9.16. The summed E-state index contributed by atoms with van der Waals surface area (Å²) in [5, 5.41) is 4.29. The van der Waals surface area contributed by atoms with Crippen LogP contribution in [0.5, 0.6) is 0 Å². The maximum atomic E-state index is 13.0. The number of carbonyl (C=O) groups is 1. The zero-order valence-corrected chi connectivity index (χ0v) is 18.6. The smallest absolute Gasteiger partial charge is 0.262 e. The topological polar surface area (TPSA) is 76.9 Å². The van der Waals surface area contributed by atoms with Crippen molar-refractivity contribution in [1.29, 1.82) is 0 Å².